The Morgan fingerprint density at radius 2 is 1.31 bits per heavy atom. The van der Waals surface area contributed by atoms with Crippen LogP contribution in [-0.4, -0.2) is 45.4 Å². The Kier molecular flexibility index (Phi) is 8.47. The number of nitrogens with one attached hydrogen (secondary N) is 3. The SMILES string of the molecule is COc1ccc(NC(=S)NC(=O)c2cc(OC)c(OC)c(OC)c2)cc1NC(=O)c1ccccc1. The third-order valence-electron chi connectivity index (χ3n) is 4.90. The number of methoxy groups -OCH3 is 4. The maximum absolute atomic E-state index is 12.8. The van der Waals surface area contributed by atoms with E-state index in [1.807, 2.05) is 6.07 Å². The van der Waals surface area contributed by atoms with Crippen LogP contribution in [0.4, 0.5) is 11.4 Å². The van der Waals surface area contributed by atoms with Crippen molar-refractivity contribution in [2.75, 3.05) is 39.1 Å². The van der Waals surface area contributed by atoms with Crippen LogP contribution in [-0.2, 0) is 0 Å². The van der Waals surface area contributed by atoms with Crippen LogP contribution < -0.4 is 34.9 Å². The first kappa shape index (κ1) is 25.3. The van der Waals surface area contributed by atoms with Crippen LogP contribution in [0.2, 0.25) is 0 Å². The molecule has 9 nitrogen and oxygen atoms in total. The predicted octanol–water partition coefficient (Wildman–Crippen LogP) is 4.10. The molecule has 0 atom stereocenters. The topological polar surface area (TPSA) is 107 Å². The van der Waals surface area contributed by atoms with Gasteiger partial charge in [-0.25, -0.2) is 0 Å². The average molecular weight is 496 g/mol. The summed E-state index contributed by atoms with van der Waals surface area (Å²) < 4.78 is 21.2. The molecule has 0 saturated heterocycles. The van der Waals surface area contributed by atoms with Crippen molar-refractivity contribution in [3.8, 4) is 23.0 Å². The van der Waals surface area contributed by atoms with Crippen LogP contribution in [0.5, 0.6) is 23.0 Å². The second-order valence-corrected chi connectivity index (χ2v) is 7.47. The summed E-state index contributed by atoms with van der Waals surface area (Å²) in [6.07, 6.45) is 0. The second kappa shape index (κ2) is 11.7. The summed E-state index contributed by atoms with van der Waals surface area (Å²) in [7, 11) is 5.90. The monoisotopic (exact) mass is 495 g/mol. The molecule has 0 aromatic heterocycles. The van der Waals surface area contributed by atoms with Crippen LogP contribution in [0.15, 0.2) is 60.7 Å². The van der Waals surface area contributed by atoms with Crippen molar-refractivity contribution in [3.05, 3.63) is 71.8 Å². The number of carbonyl (C=O) groups is 2. The maximum atomic E-state index is 12.8. The van der Waals surface area contributed by atoms with E-state index < -0.39 is 5.91 Å². The molecule has 0 aliphatic heterocycles. The van der Waals surface area contributed by atoms with Crippen LogP contribution >= 0.6 is 12.2 Å². The van der Waals surface area contributed by atoms with Gasteiger partial charge in [0, 0.05) is 16.8 Å². The molecule has 0 spiro atoms. The lowest BCUT2D eigenvalue weighted by Gasteiger charge is -2.15. The van der Waals surface area contributed by atoms with E-state index in [1.165, 1.54) is 40.6 Å². The molecule has 0 saturated carbocycles. The Morgan fingerprint density at radius 3 is 1.89 bits per heavy atom. The van der Waals surface area contributed by atoms with E-state index in [4.69, 9.17) is 31.2 Å². The normalized spacial score (nSPS) is 10.1. The number of ether oxygens (including phenoxy) is 4. The summed E-state index contributed by atoms with van der Waals surface area (Å²) in [6.45, 7) is 0. The summed E-state index contributed by atoms with van der Waals surface area (Å²) in [5, 5.41) is 8.41. The van der Waals surface area contributed by atoms with Crippen LogP contribution in [0.25, 0.3) is 0 Å². The largest absolute Gasteiger partial charge is 0.495 e. The summed E-state index contributed by atoms with van der Waals surface area (Å²) in [6, 6.07) is 16.9. The lowest BCUT2D eigenvalue weighted by atomic mass is 10.1. The Morgan fingerprint density at radius 1 is 0.686 bits per heavy atom. The first-order valence-electron chi connectivity index (χ1n) is 10.4. The molecule has 0 unspecified atom stereocenters. The fourth-order valence-electron chi connectivity index (χ4n) is 3.22. The Bertz CT molecular complexity index is 1210. The van der Waals surface area contributed by atoms with Gasteiger partial charge in [-0.2, -0.15) is 0 Å². The Balaban J connectivity index is 1.74. The molecule has 2 amide bonds. The molecule has 0 heterocycles. The van der Waals surface area contributed by atoms with E-state index >= 15 is 0 Å². The molecule has 0 aliphatic carbocycles. The van der Waals surface area contributed by atoms with Gasteiger partial charge in [0.2, 0.25) is 5.75 Å². The van der Waals surface area contributed by atoms with E-state index in [0.717, 1.165) is 0 Å². The third-order valence-corrected chi connectivity index (χ3v) is 5.10. The first-order valence-corrected chi connectivity index (χ1v) is 10.8. The van der Waals surface area contributed by atoms with Gasteiger partial charge in [-0.15, -0.1) is 0 Å². The van der Waals surface area contributed by atoms with E-state index in [9.17, 15) is 9.59 Å². The second-order valence-electron chi connectivity index (χ2n) is 7.06. The third kappa shape index (κ3) is 6.18. The van der Waals surface area contributed by atoms with Crippen molar-refractivity contribution in [2.45, 2.75) is 0 Å². The van der Waals surface area contributed by atoms with E-state index in [2.05, 4.69) is 16.0 Å². The number of carbonyl (C=O) groups excluding carboxylic acids is 2. The standard InChI is InChI=1S/C25H25N3O6S/c1-31-19-11-10-17(14-18(19)27-23(29)15-8-6-5-7-9-15)26-25(35)28-24(30)16-12-20(32-2)22(34-4)21(13-16)33-3/h5-14H,1-4H3,(H,27,29)(H2,26,28,30,35). The van der Waals surface area contributed by atoms with E-state index in [1.54, 1.807) is 42.5 Å². The lowest BCUT2D eigenvalue weighted by molar-refractivity contribution is 0.0975. The van der Waals surface area contributed by atoms with Gasteiger partial charge in [-0.05, 0) is 54.7 Å². The highest BCUT2D eigenvalue weighted by molar-refractivity contribution is 7.80. The quantitative estimate of drug-likeness (QED) is 0.401. The fraction of sp³-hybridized carbons (Fsp3) is 0.160. The zero-order chi connectivity index (χ0) is 25.4. The molecular formula is C25H25N3O6S. The van der Waals surface area contributed by atoms with Crippen molar-refractivity contribution >= 4 is 40.5 Å². The van der Waals surface area contributed by atoms with Crippen molar-refractivity contribution in [2.24, 2.45) is 0 Å². The van der Waals surface area contributed by atoms with Gasteiger partial charge in [0.1, 0.15) is 5.75 Å². The highest BCUT2D eigenvalue weighted by Crippen LogP contribution is 2.38. The van der Waals surface area contributed by atoms with Crippen LogP contribution in [0, 0.1) is 0 Å². The number of amides is 2. The van der Waals surface area contributed by atoms with Crippen LogP contribution in [0.3, 0.4) is 0 Å². The van der Waals surface area contributed by atoms with Gasteiger partial charge in [0.05, 0.1) is 34.1 Å². The summed E-state index contributed by atoms with van der Waals surface area (Å²) >= 11 is 5.30. The molecule has 0 fully saturated rings. The molecule has 0 radical (unpaired) electrons. The molecule has 3 aromatic rings. The predicted molar refractivity (Wildman–Crippen MR) is 137 cm³/mol. The fourth-order valence-corrected chi connectivity index (χ4v) is 3.43. The van der Waals surface area contributed by atoms with Crippen LogP contribution in [0.1, 0.15) is 20.7 Å². The highest BCUT2D eigenvalue weighted by atomic mass is 32.1. The zero-order valence-electron chi connectivity index (χ0n) is 19.6. The average Bonchev–Trinajstić information content (AvgIpc) is 2.88. The number of hydrogen-bond acceptors (Lipinski definition) is 7. The molecule has 0 aliphatic rings. The summed E-state index contributed by atoms with van der Waals surface area (Å²) in [5.41, 5.74) is 1.73. The minimum atomic E-state index is -0.479. The number of anilines is 2. The zero-order valence-corrected chi connectivity index (χ0v) is 20.4. The van der Waals surface area contributed by atoms with Gasteiger partial charge in [-0.1, -0.05) is 18.2 Å². The Hall–Kier alpha value is -4.31. The molecular weight excluding hydrogens is 470 g/mol. The number of benzene rings is 3. The molecule has 3 rings (SSSR count). The van der Waals surface area contributed by atoms with Crippen molar-refractivity contribution in [1.82, 2.24) is 5.32 Å². The number of thiocarbonyl (C=S) groups is 1. The van der Waals surface area contributed by atoms with Crippen molar-refractivity contribution < 1.29 is 28.5 Å². The lowest BCUT2D eigenvalue weighted by Crippen LogP contribution is -2.34. The van der Waals surface area contributed by atoms with E-state index in [-0.39, 0.29) is 16.6 Å². The van der Waals surface area contributed by atoms with Gasteiger partial charge in [-0.3, -0.25) is 14.9 Å². The molecule has 35 heavy (non-hydrogen) atoms. The molecule has 182 valence electrons. The van der Waals surface area contributed by atoms with Crippen molar-refractivity contribution in [3.63, 3.8) is 0 Å². The minimum Gasteiger partial charge on any atom is -0.495 e. The van der Waals surface area contributed by atoms with Gasteiger partial charge < -0.3 is 29.6 Å². The number of rotatable bonds is 8. The Labute approximate surface area is 208 Å². The first-order chi connectivity index (χ1) is 16.9. The van der Waals surface area contributed by atoms with Crippen molar-refractivity contribution in [1.29, 1.82) is 0 Å². The van der Waals surface area contributed by atoms with E-state index in [0.29, 0.717) is 39.9 Å². The number of hydrogen-bond donors (Lipinski definition) is 3. The van der Waals surface area contributed by atoms with Gasteiger partial charge >= 0.3 is 0 Å². The minimum absolute atomic E-state index is 0.0502. The highest BCUT2D eigenvalue weighted by Gasteiger charge is 2.18. The smallest absolute Gasteiger partial charge is 0.257 e. The summed E-state index contributed by atoms with van der Waals surface area (Å²) in [4.78, 5) is 25.4. The molecule has 3 N–H and O–H groups in total. The summed E-state index contributed by atoms with van der Waals surface area (Å²) in [5.74, 6) is 0.740. The molecule has 3 aromatic carbocycles. The van der Waals surface area contributed by atoms with Gasteiger partial charge in [0.15, 0.2) is 16.6 Å². The molecule has 10 heteroatoms. The molecule has 0 bridgehead atoms. The van der Waals surface area contributed by atoms with Gasteiger partial charge in [0.25, 0.3) is 11.8 Å². The maximum Gasteiger partial charge on any atom is 0.257 e.